The minimum Gasteiger partial charge on any atom is -0.508 e. The van der Waals surface area contributed by atoms with Gasteiger partial charge in [0.05, 0.1) is 0 Å². The Morgan fingerprint density at radius 1 is 1.40 bits per heavy atom. The Morgan fingerprint density at radius 2 is 2.10 bits per heavy atom. The highest BCUT2D eigenvalue weighted by Crippen LogP contribution is 2.24. The number of hydrogen-bond acceptors (Lipinski definition) is 3. The monoisotopic (exact) mass is 282 g/mol. The van der Waals surface area contributed by atoms with Gasteiger partial charge in [-0.15, -0.1) is 0 Å². The third kappa shape index (κ3) is 5.17. The van der Waals surface area contributed by atoms with Crippen LogP contribution in [0.1, 0.15) is 45.2 Å². The van der Waals surface area contributed by atoms with Crippen molar-refractivity contribution in [2.24, 2.45) is 0 Å². The number of nitrogens with one attached hydrogen (secondary N) is 2. The van der Waals surface area contributed by atoms with Gasteiger partial charge in [0.15, 0.2) is 0 Å². The molecule has 0 saturated heterocycles. The molecule has 0 fully saturated rings. The van der Waals surface area contributed by atoms with Crippen LogP contribution in [0.3, 0.4) is 0 Å². The normalized spacial score (nSPS) is 13.8. The number of carbonyl (C=O) groups excluding carboxylic acids is 1. The van der Waals surface area contributed by atoms with Gasteiger partial charge < -0.3 is 15.7 Å². The number of amides is 1. The number of benzene rings is 1. The van der Waals surface area contributed by atoms with E-state index in [1.165, 1.54) is 6.07 Å². The molecule has 0 heterocycles. The molecule has 2 unspecified atom stereocenters. The number of rotatable bonds is 7. The van der Waals surface area contributed by atoms with Gasteiger partial charge in [-0.25, -0.2) is 4.39 Å². The Balaban J connectivity index is 2.40. The van der Waals surface area contributed by atoms with Gasteiger partial charge in [-0.1, -0.05) is 13.0 Å². The van der Waals surface area contributed by atoms with Gasteiger partial charge in [-0.3, -0.25) is 4.79 Å². The molecular weight excluding hydrogens is 259 g/mol. The molecule has 0 bridgehead atoms. The standard InChI is InChI=1S/C15H23FN2O2/c1-4-10(2)18-15(20)7-8-17-11(3)13-6-5-12(16)9-14(13)19/h5-6,9-11,17,19H,4,7-8H2,1-3H3,(H,18,20). The summed E-state index contributed by atoms with van der Waals surface area (Å²) in [5, 5.41) is 15.7. The van der Waals surface area contributed by atoms with Crippen LogP contribution in [0.2, 0.25) is 0 Å². The van der Waals surface area contributed by atoms with Gasteiger partial charge in [0, 0.05) is 36.7 Å². The summed E-state index contributed by atoms with van der Waals surface area (Å²) in [5.74, 6) is -0.539. The second-order valence-corrected chi connectivity index (χ2v) is 5.01. The predicted octanol–water partition coefficient (Wildman–Crippen LogP) is 2.49. The molecule has 1 amide bonds. The van der Waals surface area contributed by atoms with Gasteiger partial charge in [0.2, 0.25) is 5.91 Å². The molecule has 3 N–H and O–H groups in total. The van der Waals surface area contributed by atoms with E-state index < -0.39 is 5.82 Å². The van der Waals surface area contributed by atoms with Crippen molar-refractivity contribution in [2.75, 3.05) is 6.54 Å². The first-order valence-corrected chi connectivity index (χ1v) is 6.95. The van der Waals surface area contributed by atoms with Gasteiger partial charge in [-0.05, 0) is 26.3 Å². The van der Waals surface area contributed by atoms with Crippen LogP contribution in [0, 0.1) is 5.82 Å². The van der Waals surface area contributed by atoms with Crippen molar-refractivity contribution in [3.05, 3.63) is 29.6 Å². The van der Waals surface area contributed by atoms with Crippen molar-refractivity contribution >= 4 is 5.91 Å². The van der Waals surface area contributed by atoms with Crippen molar-refractivity contribution in [3.8, 4) is 5.75 Å². The fourth-order valence-corrected chi connectivity index (χ4v) is 1.84. The molecule has 0 saturated carbocycles. The van der Waals surface area contributed by atoms with E-state index >= 15 is 0 Å². The Morgan fingerprint density at radius 3 is 2.70 bits per heavy atom. The minimum absolute atomic E-state index is 0.00220. The summed E-state index contributed by atoms with van der Waals surface area (Å²) in [6.07, 6.45) is 1.27. The summed E-state index contributed by atoms with van der Waals surface area (Å²) in [6.45, 7) is 6.34. The third-order valence-corrected chi connectivity index (χ3v) is 3.28. The largest absolute Gasteiger partial charge is 0.508 e. The van der Waals surface area contributed by atoms with Crippen LogP contribution >= 0.6 is 0 Å². The maximum Gasteiger partial charge on any atom is 0.221 e. The molecule has 1 aromatic rings. The van der Waals surface area contributed by atoms with Crippen molar-refractivity contribution in [1.29, 1.82) is 0 Å². The highest BCUT2D eigenvalue weighted by molar-refractivity contribution is 5.76. The van der Waals surface area contributed by atoms with E-state index in [0.29, 0.717) is 18.5 Å². The topological polar surface area (TPSA) is 61.4 Å². The fraction of sp³-hybridized carbons (Fsp3) is 0.533. The zero-order valence-corrected chi connectivity index (χ0v) is 12.2. The Labute approximate surface area is 119 Å². The van der Waals surface area contributed by atoms with E-state index in [2.05, 4.69) is 10.6 Å². The second kappa shape index (κ2) is 7.85. The third-order valence-electron chi connectivity index (χ3n) is 3.28. The van der Waals surface area contributed by atoms with E-state index in [1.54, 1.807) is 6.07 Å². The lowest BCUT2D eigenvalue weighted by Gasteiger charge is -2.16. The van der Waals surface area contributed by atoms with Crippen molar-refractivity contribution in [1.82, 2.24) is 10.6 Å². The Bertz CT molecular complexity index is 451. The average molecular weight is 282 g/mol. The molecule has 1 rings (SSSR count). The molecule has 0 aromatic heterocycles. The lowest BCUT2D eigenvalue weighted by atomic mass is 10.1. The van der Waals surface area contributed by atoms with Crippen molar-refractivity contribution in [3.63, 3.8) is 0 Å². The summed E-state index contributed by atoms with van der Waals surface area (Å²) < 4.78 is 12.9. The molecule has 0 aliphatic carbocycles. The summed E-state index contributed by atoms with van der Waals surface area (Å²) in [4.78, 5) is 11.6. The van der Waals surface area contributed by atoms with Crippen LogP contribution in [0.25, 0.3) is 0 Å². The molecule has 20 heavy (non-hydrogen) atoms. The quantitative estimate of drug-likeness (QED) is 0.720. The highest BCUT2D eigenvalue weighted by atomic mass is 19.1. The lowest BCUT2D eigenvalue weighted by molar-refractivity contribution is -0.121. The van der Waals surface area contributed by atoms with Gasteiger partial charge in [-0.2, -0.15) is 0 Å². The smallest absolute Gasteiger partial charge is 0.221 e. The van der Waals surface area contributed by atoms with Gasteiger partial charge >= 0.3 is 0 Å². The predicted molar refractivity (Wildman–Crippen MR) is 77.0 cm³/mol. The molecular formula is C15H23FN2O2. The maximum absolute atomic E-state index is 12.9. The highest BCUT2D eigenvalue weighted by Gasteiger charge is 2.11. The van der Waals surface area contributed by atoms with Crippen LogP contribution in [0.15, 0.2) is 18.2 Å². The van der Waals surface area contributed by atoms with Crippen LogP contribution in [0.5, 0.6) is 5.75 Å². The molecule has 0 radical (unpaired) electrons. The molecule has 0 spiro atoms. The average Bonchev–Trinajstić information content (AvgIpc) is 2.38. The molecule has 0 aliphatic rings. The molecule has 2 atom stereocenters. The SMILES string of the molecule is CCC(C)NC(=O)CCNC(C)c1ccc(F)cc1O. The molecule has 1 aromatic carbocycles. The number of phenols is 1. The molecule has 112 valence electrons. The number of halogens is 1. The van der Waals surface area contributed by atoms with Crippen molar-refractivity contribution < 1.29 is 14.3 Å². The van der Waals surface area contributed by atoms with Crippen LogP contribution in [0.4, 0.5) is 4.39 Å². The van der Waals surface area contributed by atoms with E-state index in [4.69, 9.17) is 0 Å². The first-order chi connectivity index (χ1) is 9.43. The summed E-state index contributed by atoms with van der Waals surface area (Å²) >= 11 is 0. The van der Waals surface area contributed by atoms with E-state index in [-0.39, 0.29) is 23.7 Å². The zero-order chi connectivity index (χ0) is 15.1. The number of hydrogen-bond donors (Lipinski definition) is 3. The number of aromatic hydroxyl groups is 1. The second-order valence-electron chi connectivity index (χ2n) is 5.01. The number of carbonyl (C=O) groups is 1. The van der Waals surface area contributed by atoms with Crippen molar-refractivity contribution in [2.45, 2.75) is 45.7 Å². The Kier molecular flexibility index (Phi) is 6.45. The Hall–Kier alpha value is -1.62. The minimum atomic E-state index is -0.466. The number of phenolic OH excluding ortho intramolecular Hbond substituents is 1. The van der Waals surface area contributed by atoms with Gasteiger partial charge in [0.25, 0.3) is 0 Å². The summed E-state index contributed by atoms with van der Waals surface area (Å²) in [6, 6.07) is 3.97. The van der Waals surface area contributed by atoms with E-state index in [9.17, 15) is 14.3 Å². The fourth-order valence-electron chi connectivity index (χ4n) is 1.84. The molecule has 5 heteroatoms. The van der Waals surface area contributed by atoms with Gasteiger partial charge in [0.1, 0.15) is 11.6 Å². The van der Waals surface area contributed by atoms with E-state index in [1.807, 2.05) is 20.8 Å². The summed E-state index contributed by atoms with van der Waals surface area (Å²) in [7, 11) is 0. The first kappa shape index (κ1) is 16.4. The molecule has 0 aliphatic heterocycles. The maximum atomic E-state index is 12.9. The van der Waals surface area contributed by atoms with Crippen LogP contribution in [-0.2, 0) is 4.79 Å². The lowest BCUT2D eigenvalue weighted by Crippen LogP contribution is -2.34. The zero-order valence-electron chi connectivity index (χ0n) is 12.2. The van der Waals surface area contributed by atoms with Crippen LogP contribution < -0.4 is 10.6 Å². The first-order valence-electron chi connectivity index (χ1n) is 6.95. The van der Waals surface area contributed by atoms with E-state index in [0.717, 1.165) is 12.5 Å². The molecule has 4 nitrogen and oxygen atoms in total. The summed E-state index contributed by atoms with van der Waals surface area (Å²) in [5.41, 5.74) is 0.619. The van der Waals surface area contributed by atoms with Crippen LogP contribution in [-0.4, -0.2) is 23.6 Å².